The van der Waals surface area contributed by atoms with E-state index in [1.54, 1.807) is 4.90 Å². The first-order valence-electron chi connectivity index (χ1n) is 10.3. The number of ether oxygens (including phenoxy) is 1. The van der Waals surface area contributed by atoms with Crippen LogP contribution in [0.25, 0.3) is 11.1 Å². The second-order valence-corrected chi connectivity index (χ2v) is 8.94. The molecule has 1 aliphatic heterocycles. The molecule has 1 heterocycles. The van der Waals surface area contributed by atoms with Gasteiger partial charge in [0.25, 0.3) is 0 Å². The Morgan fingerprint density at radius 2 is 1.69 bits per heavy atom. The highest BCUT2D eigenvalue weighted by Gasteiger charge is 2.30. The number of nitrogens with one attached hydrogen (secondary N) is 1. The topological polar surface area (TPSA) is 58.6 Å². The van der Waals surface area contributed by atoms with E-state index in [2.05, 4.69) is 41.7 Å². The SMILES string of the molecule is CC(C)(C)OC(=O)N1CCC(C(=O)Nc2ccc3c(c2)-c2ccccc2C3)CC1. The van der Waals surface area contributed by atoms with Gasteiger partial charge in [0.15, 0.2) is 0 Å². The van der Waals surface area contributed by atoms with Gasteiger partial charge in [-0.05, 0) is 74.4 Å². The van der Waals surface area contributed by atoms with Crippen molar-refractivity contribution in [1.29, 1.82) is 0 Å². The van der Waals surface area contributed by atoms with Gasteiger partial charge in [-0.15, -0.1) is 0 Å². The summed E-state index contributed by atoms with van der Waals surface area (Å²) in [6, 6.07) is 14.6. The highest BCUT2D eigenvalue weighted by Crippen LogP contribution is 2.38. The summed E-state index contributed by atoms with van der Waals surface area (Å²) in [4.78, 5) is 26.7. The molecule has 0 radical (unpaired) electrons. The Labute approximate surface area is 172 Å². The lowest BCUT2D eigenvalue weighted by Crippen LogP contribution is -2.43. The Balaban J connectivity index is 1.36. The Morgan fingerprint density at radius 1 is 1.00 bits per heavy atom. The Kier molecular flexibility index (Phi) is 5.07. The van der Waals surface area contributed by atoms with Crippen molar-refractivity contribution in [3.8, 4) is 11.1 Å². The van der Waals surface area contributed by atoms with Crippen LogP contribution in [-0.2, 0) is 16.0 Å². The molecule has 0 saturated carbocycles. The van der Waals surface area contributed by atoms with Crippen LogP contribution in [0.2, 0.25) is 0 Å². The molecule has 1 saturated heterocycles. The molecule has 0 unspecified atom stereocenters. The van der Waals surface area contributed by atoms with Crippen LogP contribution in [-0.4, -0.2) is 35.6 Å². The molecule has 5 nitrogen and oxygen atoms in total. The highest BCUT2D eigenvalue weighted by atomic mass is 16.6. The number of nitrogens with zero attached hydrogens (tertiary/aromatic N) is 1. The highest BCUT2D eigenvalue weighted by molar-refractivity contribution is 5.94. The van der Waals surface area contributed by atoms with E-state index in [0.717, 1.165) is 12.1 Å². The van der Waals surface area contributed by atoms with Gasteiger partial charge in [-0.25, -0.2) is 4.79 Å². The predicted molar refractivity (Wildman–Crippen MR) is 114 cm³/mol. The standard InChI is InChI=1S/C24H28N2O3/c1-24(2,3)29-23(28)26-12-10-16(11-13-26)22(27)25-19-9-8-18-14-17-6-4-5-7-20(17)21(18)15-19/h4-9,15-16H,10-14H2,1-3H3,(H,25,27). The Hall–Kier alpha value is -2.82. The smallest absolute Gasteiger partial charge is 0.410 e. The summed E-state index contributed by atoms with van der Waals surface area (Å²) in [5.41, 5.74) is 5.43. The molecule has 0 spiro atoms. The van der Waals surface area contributed by atoms with E-state index in [9.17, 15) is 9.59 Å². The summed E-state index contributed by atoms with van der Waals surface area (Å²) in [5.74, 6) is -0.0608. The normalized spacial score (nSPS) is 16.2. The van der Waals surface area contributed by atoms with E-state index in [1.807, 2.05) is 26.8 Å². The molecule has 2 aromatic carbocycles. The molecule has 2 aliphatic rings. The number of anilines is 1. The maximum atomic E-state index is 12.8. The van der Waals surface area contributed by atoms with Gasteiger partial charge in [0.05, 0.1) is 0 Å². The Morgan fingerprint density at radius 3 is 2.41 bits per heavy atom. The molecule has 1 aliphatic carbocycles. The second-order valence-electron chi connectivity index (χ2n) is 8.94. The lowest BCUT2D eigenvalue weighted by molar-refractivity contribution is -0.121. The fraction of sp³-hybridized carbons (Fsp3) is 0.417. The van der Waals surface area contributed by atoms with Gasteiger partial charge in [0, 0.05) is 24.7 Å². The molecule has 1 N–H and O–H groups in total. The number of piperidine rings is 1. The van der Waals surface area contributed by atoms with Crippen molar-refractivity contribution in [2.24, 2.45) is 5.92 Å². The van der Waals surface area contributed by atoms with Crippen molar-refractivity contribution in [1.82, 2.24) is 4.90 Å². The first kappa shape index (κ1) is 19.5. The third-order valence-electron chi connectivity index (χ3n) is 5.58. The number of hydrogen-bond acceptors (Lipinski definition) is 3. The molecule has 29 heavy (non-hydrogen) atoms. The molecule has 152 valence electrons. The average molecular weight is 392 g/mol. The maximum Gasteiger partial charge on any atom is 0.410 e. The summed E-state index contributed by atoms with van der Waals surface area (Å²) >= 11 is 0. The number of carbonyl (C=O) groups is 2. The van der Waals surface area contributed by atoms with Gasteiger partial charge in [-0.2, -0.15) is 0 Å². The summed E-state index contributed by atoms with van der Waals surface area (Å²) in [6.45, 7) is 6.68. The number of hydrogen-bond donors (Lipinski definition) is 1. The number of likely N-dealkylation sites (tertiary alicyclic amines) is 1. The van der Waals surface area contributed by atoms with Gasteiger partial charge in [0.2, 0.25) is 5.91 Å². The zero-order chi connectivity index (χ0) is 20.6. The molecule has 4 rings (SSSR count). The van der Waals surface area contributed by atoms with Gasteiger partial charge in [0.1, 0.15) is 5.60 Å². The minimum absolute atomic E-state index is 0.0278. The third kappa shape index (κ3) is 4.29. The fourth-order valence-electron chi connectivity index (χ4n) is 4.10. The molecule has 0 bridgehead atoms. The monoisotopic (exact) mass is 392 g/mol. The van der Waals surface area contributed by atoms with Gasteiger partial charge in [-0.3, -0.25) is 4.79 Å². The lowest BCUT2D eigenvalue weighted by atomic mass is 9.96. The van der Waals surface area contributed by atoms with Gasteiger partial charge < -0.3 is 15.0 Å². The molecule has 1 fully saturated rings. The van der Waals surface area contributed by atoms with E-state index in [-0.39, 0.29) is 17.9 Å². The van der Waals surface area contributed by atoms with Crippen LogP contribution in [0.15, 0.2) is 42.5 Å². The zero-order valence-corrected chi connectivity index (χ0v) is 17.3. The molecular formula is C24H28N2O3. The van der Waals surface area contributed by atoms with Crippen molar-refractivity contribution in [3.63, 3.8) is 0 Å². The number of rotatable bonds is 2. The van der Waals surface area contributed by atoms with E-state index in [4.69, 9.17) is 4.74 Å². The quantitative estimate of drug-likeness (QED) is 0.679. The van der Waals surface area contributed by atoms with Crippen LogP contribution in [0.1, 0.15) is 44.7 Å². The van der Waals surface area contributed by atoms with Crippen LogP contribution >= 0.6 is 0 Å². The molecule has 2 aromatic rings. The minimum atomic E-state index is -0.502. The van der Waals surface area contributed by atoms with Crippen LogP contribution in [0, 0.1) is 5.92 Å². The summed E-state index contributed by atoms with van der Waals surface area (Å²) in [5, 5.41) is 3.08. The summed E-state index contributed by atoms with van der Waals surface area (Å²) < 4.78 is 5.43. The van der Waals surface area contributed by atoms with E-state index >= 15 is 0 Å². The molecule has 0 atom stereocenters. The van der Waals surface area contributed by atoms with Crippen molar-refractivity contribution in [2.45, 2.75) is 45.6 Å². The number of carbonyl (C=O) groups excluding carboxylic acids is 2. The first-order chi connectivity index (χ1) is 13.8. The Bertz CT molecular complexity index is 937. The van der Waals surface area contributed by atoms with Crippen molar-refractivity contribution in [2.75, 3.05) is 18.4 Å². The zero-order valence-electron chi connectivity index (χ0n) is 17.3. The van der Waals surface area contributed by atoms with Crippen molar-refractivity contribution < 1.29 is 14.3 Å². The van der Waals surface area contributed by atoms with E-state index in [1.165, 1.54) is 22.3 Å². The average Bonchev–Trinajstić information content (AvgIpc) is 3.05. The largest absolute Gasteiger partial charge is 0.444 e. The first-order valence-corrected chi connectivity index (χ1v) is 10.3. The van der Waals surface area contributed by atoms with Gasteiger partial charge >= 0.3 is 6.09 Å². The molecular weight excluding hydrogens is 364 g/mol. The van der Waals surface area contributed by atoms with E-state index < -0.39 is 5.60 Å². The summed E-state index contributed by atoms with van der Waals surface area (Å²) in [6.07, 6.45) is 1.95. The van der Waals surface area contributed by atoms with Crippen molar-refractivity contribution >= 4 is 17.7 Å². The van der Waals surface area contributed by atoms with Crippen LogP contribution in [0.5, 0.6) is 0 Å². The second kappa shape index (κ2) is 7.54. The lowest BCUT2D eigenvalue weighted by Gasteiger charge is -2.32. The van der Waals surface area contributed by atoms with Crippen LogP contribution < -0.4 is 5.32 Å². The third-order valence-corrected chi connectivity index (χ3v) is 5.58. The minimum Gasteiger partial charge on any atom is -0.444 e. The van der Waals surface area contributed by atoms with E-state index in [0.29, 0.717) is 25.9 Å². The molecule has 0 aromatic heterocycles. The fourth-order valence-corrected chi connectivity index (χ4v) is 4.10. The number of benzene rings is 2. The van der Waals surface area contributed by atoms with Crippen molar-refractivity contribution in [3.05, 3.63) is 53.6 Å². The van der Waals surface area contributed by atoms with Crippen LogP contribution in [0.4, 0.5) is 10.5 Å². The maximum absolute atomic E-state index is 12.8. The number of amides is 2. The molecule has 5 heteroatoms. The predicted octanol–water partition coefficient (Wildman–Crippen LogP) is 4.84. The van der Waals surface area contributed by atoms with Gasteiger partial charge in [-0.1, -0.05) is 30.3 Å². The summed E-state index contributed by atoms with van der Waals surface area (Å²) in [7, 11) is 0. The number of fused-ring (bicyclic) bond motifs is 3. The molecule has 2 amide bonds. The van der Waals surface area contributed by atoms with Crippen LogP contribution in [0.3, 0.4) is 0 Å².